The van der Waals surface area contributed by atoms with Crippen molar-refractivity contribution in [1.82, 2.24) is 4.98 Å². The molecule has 0 bridgehead atoms. The van der Waals surface area contributed by atoms with Crippen LogP contribution in [0.2, 0.25) is 0 Å². The lowest BCUT2D eigenvalue weighted by Crippen LogP contribution is -2.25. The minimum atomic E-state index is -0.314. The SMILES string of the molecule is NCc1nc(C(=O)OC2CCC2)cs1. The number of hydrogen-bond donors (Lipinski definition) is 1. The predicted octanol–water partition coefficient (Wildman–Crippen LogP) is 1.31. The number of nitrogens with zero attached hydrogens (tertiary/aromatic N) is 1. The van der Waals surface area contributed by atoms with Gasteiger partial charge >= 0.3 is 5.97 Å². The predicted molar refractivity (Wildman–Crippen MR) is 53.1 cm³/mol. The highest BCUT2D eigenvalue weighted by Gasteiger charge is 2.23. The molecule has 2 N–H and O–H groups in total. The quantitative estimate of drug-likeness (QED) is 0.767. The lowest BCUT2D eigenvalue weighted by atomic mass is 9.96. The molecule has 0 spiro atoms. The fourth-order valence-corrected chi connectivity index (χ4v) is 1.84. The minimum Gasteiger partial charge on any atom is -0.458 e. The van der Waals surface area contributed by atoms with Crippen molar-refractivity contribution in [2.24, 2.45) is 5.73 Å². The third-order valence-electron chi connectivity index (χ3n) is 2.26. The number of aromatic nitrogens is 1. The Hall–Kier alpha value is -0.940. The van der Waals surface area contributed by atoms with Gasteiger partial charge in [-0.15, -0.1) is 11.3 Å². The first-order chi connectivity index (χ1) is 6.79. The molecule has 0 aromatic carbocycles. The summed E-state index contributed by atoms with van der Waals surface area (Å²) in [7, 11) is 0. The summed E-state index contributed by atoms with van der Waals surface area (Å²) in [4.78, 5) is 15.5. The number of ether oxygens (including phenoxy) is 1. The van der Waals surface area contributed by atoms with Crippen LogP contribution in [0.25, 0.3) is 0 Å². The number of rotatable bonds is 3. The molecule has 0 amide bonds. The fourth-order valence-electron chi connectivity index (χ4n) is 1.20. The second-order valence-corrected chi connectivity index (χ2v) is 4.23. The van der Waals surface area contributed by atoms with Gasteiger partial charge < -0.3 is 10.5 Å². The van der Waals surface area contributed by atoms with Gasteiger partial charge in [-0.1, -0.05) is 0 Å². The van der Waals surface area contributed by atoms with E-state index in [0.29, 0.717) is 12.2 Å². The Labute approximate surface area is 86.1 Å². The maximum Gasteiger partial charge on any atom is 0.358 e. The fraction of sp³-hybridized carbons (Fsp3) is 0.556. The lowest BCUT2D eigenvalue weighted by molar-refractivity contribution is 0.00843. The monoisotopic (exact) mass is 212 g/mol. The highest BCUT2D eigenvalue weighted by Crippen LogP contribution is 2.23. The van der Waals surface area contributed by atoms with Gasteiger partial charge in [0.1, 0.15) is 11.1 Å². The Morgan fingerprint density at radius 1 is 1.71 bits per heavy atom. The summed E-state index contributed by atoms with van der Waals surface area (Å²) >= 11 is 1.39. The van der Waals surface area contributed by atoms with Crippen molar-refractivity contribution in [3.8, 4) is 0 Å². The van der Waals surface area contributed by atoms with Gasteiger partial charge in [-0.05, 0) is 19.3 Å². The first kappa shape index (κ1) is 9.61. The second kappa shape index (κ2) is 4.06. The second-order valence-electron chi connectivity index (χ2n) is 3.29. The Balaban J connectivity index is 1.95. The summed E-state index contributed by atoms with van der Waals surface area (Å²) < 4.78 is 5.19. The van der Waals surface area contributed by atoms with Gasteiger partial charge in [0.2, 0.25) is 0 Å². The number of hydrogen-bond acceptors (Lipinski definition) is 5. The van der Waals surface area contributed by atoms with Gasteiger partial charge in [0.25, 0.3) is 0 Å². The Morgan fingerprint density at radius 3 is 3.00 bits per heavy atom. The van der Waals surface area contributed by atoms with E-state index in [1.54, 1.807) is 5.38 Å². The molecule has 76 valence electrons. The third kappa shape index (κ3) is 1.93. The van der Waals surface area contributed by atoms with Crippen molar-refractivity contribution in [2.45, 2.75) is 31.9 Å². The summed E-state index contributed by atoms with van der Waals surface area (Å²) in [5, 5.41) is 2.47. The van der Waals surface area contributed by atoms with E-state index in [9.17, 15) is 4.79 Å². The smallest absolute Gasteiger partial charge is 0.358 e. The average Bonchev–Trinajstić information content (AvgIpc) is 2.59. The van der Waals surface area contributed by atoms with Crippen LogP contribution in [0, 0.1) is 0 Å². The van der Waals surface area contributed by atoms with Gasteiger partial charge in [-0.3, -0.25) is 0 Å². The van der Waals surface area contributed by atoms with Crippen molar-refractivity contribution in [1.29, 1.82) is 0 Å². The van der Waals surface area contributed by atoms with E-state index < -0.39 is 0 Å². The molecule has 2 rings (SSSR count). The maximum atomic E-state index is 11.5. The molecular formula is C9H12N2O2S. The van der Waals surface area contributed by atoms with E-state index in [1.807, 2.05) is 0 Å². The molecule has 0 atom stereocenters. The summed E-state index contributed by atoms with van der Waals surface area (Å²) in [6.07, 6.45) is 3.24. The number of esters is 1. The first-order valence-electron chi connectivity index (χ1n) is 4.65. The molecule has 0 saturated heterocycles. The summed E-state index contributed by atoms with van der Waals surface area (Å²) in [5.74, 6) is -0.314. The van der Waals surface area contributed by atoms with Crippen LogP contribution in [0.15, 0.2) is 5.38 Å². The van der Waals surface area contributed by atoms with Gasteiger partial charge in [-0.2, -0.15) is 0 Å². The molecule has 1 heterocycles. The molecule has 1 fully saturated rings. The molecule has 1 aromatic rings. The molecule has 1 aliphatic carbocycles. The Bertz CT molecular complexity index is 333. The first-order valence-corrected chi connectivity index (χ1v) is 5.53. The van der Waals surface area contributed by atoms with Gasteiger partial charge in [0.15, 0.2) is 5.69 Å². The van der Waals surface area contributed by atoms with E-state index in [1.165, 1.54) is 11.3 Å². The molecule has 0 radical (unpaired) electrons. The van der Waals surface area contributed by atoms with Crippen molar-refractivity contribution in [2.75, 3.05) is 0 Å². The van der Waals surface area contributed by atoms with E-state index >= 15 is 0 Å². The summed E-state index contributed by atoms with van der Waals surface area (Å²) in [6.45, 7) is 0.376. The lowest BCUT2D eigenvalue weighted by Gasteiger charge is -2.24. The number of carbonyl (C=O) groups excluding carboxylic acids is 1. The normalized spacial score (nSPS) is 16.4. The molecular weight excluding hydrogens is 200 g/mol. The minimum absolute atomic E-state index is 0.116. The van der Waals surface area contributed by atoms with E-state index in [-0.39, 0.29) is 12.1 Å². The molecule has 0 aliphatic heterocycles. The van der Waals surface area contributed by atoms with Crippen LogP contribution < -0.4 is 5.73 Å². The molecule has 1 saturated carbocycles. The highest BCUT2D eigenvalue weighted by molar-refractivity contribution is 7.09. The summed E-state index contributed by atoms with van der Waals surface area (Å²) in [6, 6.07) is 0. The van der Waals surface area contributed by atoms with Gasteiger partial charge in [0.05, 0.1) is 0 Å². The Kier molecular flexibility index (Phi) is 2.79. The average molecular weight is 212 g/mol. The molecule has 14 heavy (non-hydrogen) atoms. The molecule has 1 aromatic heterocycles. The van der Waals surface area contributed by atoms with E-state index in [2.05, 4.69) is 4.98 Å². The van der Waals surface area contributed by atoms with Crippen LogP contribution in [-0.4, -0.2) is 17.1 Å². The Morgan fingerprint density at radius 2 is 2.50 bits per heavy atom. The van der Waals surface area contributed by atoms with E-state index in [0.717, 1.165) is 24.3 Å². The van der Waals surface area contributed by atoms with Gasteiger partial charge in [-0.25, -0.2) is 9.78 Å². The molecule has 1 aliphatic rings. The zero-order valence-corrected chi connectivity index (χ0v) is 8.55. The largest absolute Gasteiger partial charge is 0.458 e. The summed E-state index contributed by atoms with van der Waals surface area (Å²) in [5.41, 5.74) is 5.79. The topological polar surface area (TPSA) is 65.2 Å². The third-order valence-corrected chi connectivity index (χ3v) is 3.13. The van der Waals surface area contributed by atoms with Crippen LogP contribution in [0.3, 0.4) is 0 Å². The van der Waals surface area contributed by atoms with Crippen molar-refractivity contribution >= 4 is 17.3 Å². The number of carbonyl (C=O) groups is 1. The number of thiazole rings is 1. The van der Waals surface area contributed by atoms with Crippen LogP contribution in [0.4, 0.5) is 0 Å². The number of nitrogens with two attached hydrogens (primary N) is 1. The van der Waals surface area contributed by atoms with Crippen molar-refractivity contribution in [3.05, 3.63) is 16.1 Å². The van der Waals surface area contributed by atoms with Crippen molar-refractivity contribution in [3.63, 3.8) is 0 Å². The van der Waals surface area contributed by atoms with Gasteiger partial charge in [0, 0.05) is 11.9 Å². The molecule has 4 nitrogen and oxygen atoms in total. The molecule has 0 unspecified atom stereocenters. The zero-order valence-electron chi connectivity index (χ0n) is 7.73. The van der Waals surface area contributed by atoms with Crippen molar-refractivity contribution < 1.29 is 9.53 Å². The van der Waals surface area contributed by atoms with Crippen LogP contribution in [0.1, 0.15) is 34.8 Å². The zero-order chi connectivity index (χ0) is 9.97. The van der Waals surface area contributed by atoms with E-state index in [4.69, 9.17) is 10.5 Å². The van der Waals surface area contributed by atoms with Crippen LogP contribution in [0.5, 0.6) is 0 Å². The maximum absolute atomic E-state index is 11.5. The highest BCUT2D eigenvalue weighted by atomic mass is 32.1. The molecule has 5 heteroatoms. The standard InChI is InChI=1S/C9H12N2O2S/c10-4-8-11-7(5-14-8)9(12)13-6-2-1-3-6/h5-6H,1-4,10H2. The van der Waals surface area contributed by atoms with Crippen LogP contribution in [-0.2, 0) is 11.3 Å². The van der Waals surface area contributed by atoms with Crippen LogP contribution >= 0.6 is 11.3 Å².